The predicted octanol–water partition coefficient (Wildman–Crippen LogP) is 3.70. The molecule has 0 aliphatic carbocycles. The van der Waals surface area contributed by atoms with Gasteiger partial charge in [-0.3, -0.25) is 10.1 Å². The van der Waals surface area contributed by atoms with Crippen molar-refractivity contribution in [1.82, 2.24) is 0 Å². The van der Waals surface area contributed by atoms with Crippen molar-refractivity contribution in [1.29, 1.82) is 0 Å². The number of nitrogens with zero attached hydrogens (tertiary/aromatic N) is 1. The summed E-state index contributed by atoms with van der Waals surface area (Å²) in [6.07, 6.45) is 0. The smallest absolute Gasteiger partial charge is 0.273 e. The Balaban J connectivity index is 2.24. The summed E-state index contributed by atoms with van der Waals surface area (Å²) in [5, 5.41) is 10.6. The standard InChI is InChI=1S/C13H11NO3/c1-10-4-2-6-12(8-10)17-13-7-3-5-11(9-13)14(15)16/h2-9H,1H3. The van der Waals surface area contributed by atoms with Crippen LogP contribution in [0.3, 0.4) is 0 Å². The van der Waals surface area contributed by atoms with Crippen LogP contribution in [0, 0.1) is 17.0 Å². The van der Waals surface area contributed by atoms with E-state index in [1.165, 1.54) is 12.1 Å². The van der Waals surface area contributed by atoms with E-state index in [0.29, 0.717) is 11.5 Å². The molecule has 0 unspecified atom stereocenters. The molecule has 0 fully saturated rings. The third-order valence-electron chi connectivity index (χ3n) is 2.25. The van der Waals surface area contributed by atoms with E-state index in [0.717, 1.165) is 5.56 Å². The molecule has 0 spiro atoms. The molecular weight excluding hydrogens is 218 g/mol. The van der Waals surface area contributed by atoms with Crippen LogP contribution in [0.1, 0.15) is 5.56 Å². The second kappa shape index (κ2) is 4.65. The summed E-state index contributed by atoms with van der Waals surface area (Å²) in [5.74, 6) is 1.13. The molecule has 2 aromatic rings. The summed E-state index contributed by atoms with van der Waals surface area (Å²) in [6.45, 7) is 1.96. The Labute approximate surface area is 98.6 Å². The highest BCUT2D eigenvalue weighted by molar-refractivity contribution is 5.41. The third kappa shape index (κ3) is 2.81. The fraction of sp³-hybridized carbons (Fsp3) is 0.0769. The van der Waals surface area contributed by atoms with Gasteiger partial charge in [0.2, 0.25) is 0 Å². The van der Waals surface area contributed by atoms with E-state index >= 15 is 0 Å². The zero-order valence-corrected chi connectivity index (χ0v) is 9.29. The first-order valence-corrected chi connectivity index (χ1v) is 5.14. The maximum absolute atomic E-state index is 10.6. The van der Waals surface area contributed by atoms with Crippen molar-refractivity contribution in [2.75, 3.05) is 0 Å². The highest BCUT2D eigenvalue weighted by Gasteiger charge is 2.06. The van der Waals surface area contributed by atoms with Gasteiger partial charge in [-0.05, 0) is 30.7 Å². The minimum Gasteiger partial charge on any atom is -0.457 e. The lowest BCUT2D eigenvalue weighted by molar-refractivity contribution is -0.384. The van der Waals surface area contributed by atoms with Gasteiger partial charge in [-0.2, -0.15) is 0 Å². The molecule has 0 heterocycles. The summed E-state index contributed by atoms with van der Waals surface area (Å²) in [4.78, 5) is 10.2. The number of rotatable bonds is 3. The summed E-state index contributed by atoms with van der Waals surface area (Å²) in [5.41, 5.74) is 1.10. The SMILES string of the molecule is Cc1cccc(Oc2cccc([N+](=O)[O-])c2)c1. The van der Waals surface area contributed by atoms with Crippen molar-refractivity contribution >= 4 is 5.69 Å². The van der Waals surface area contributed by atoms with Gasteiger partial charge in [0.15, 0.2) is 0 Å². The Morgan fingerprint density at radius 3 is 2.35 bits per heavy atom. The van der Waals surface area contributed by atoms with Crippen LogP contribution in [0.2, 0.25) is 0 Å². The fourth-order valence-corrected chi connectivity index (χ4v) is 1.48. The summed E-state index contributed by atoms with van der Waals surface area (Å²) in [6, 6.07) is 13.6. The van der Waals surface area contributed by atoms with Crippen LogP contribution in [0.5, 0.6) is 11.5 Å². The molecule has 0 bridgehead atoms. The van der Waals surface area contributed by atoms with Gasteiger partial charge in [0.1, 0.15) is 11.5 Å². The molecule has 0 radical (unpaired) electrons. The molecule has 17 heavy (non-hydrogen) atoms. The first-order chi connectivity index (χ1) is 8.15. The van der Waals surface area contributed by atoms with Crippen LogP contribution in [-0.2, 0) is 0 Å². The predicted molar refractivity (Wildman–Crippen MR) is 64.3 cm³/mol. The van der Waals surface area contributed by atoms with E-state index in [2.05, 4.69) is 0 Å². The number of benzene rings is 2. The Kier molecular flexibility index (Phi) is 3.05. The molecule has 0 aliphatic rings. The van der Waals surface area contributed by atoms with Crippen molar-refractivity contribution < 1.29 is 9.66 Å². The lowest BCUT2D eigenvalue weighted by atomic mass is 10.2. The second-order valence-electron chi connectivity index (χ2n) is 3.67. The molecule has 0 saturated heterocycles. The number of hydrogen-bond donors (Lipinski definition) is 0. The van der Waals surface area contributed by atoms with E-state index in [-0.39, 0.29) is 5.69 Å². The minimum atomic E-state index is -0.441. The van der Waals surface area contributed by atoms with Crippen LogP contribution in [0.4, 0.5) is 5.69 Å². The lowest BCUT2D eigenvalue weighted by Gasteiger charge is -2.05. The van der Waals surface area contributed by atoms with Gasteiger partial charge in [0.25, 0.3) is 5.69 Å². The number of hydrogen-bond acceptors (Lipinski definition) is 3. The van der Waals surface area contributed by atoms with Gasteiger partial charge in [0.05, 0.1) is 11.0 Å². The molecular formula is C13H11NO3. The summed E-state index contributed by atoms with van der Waals surface area (Å²) < 4.78 is 5.55. The number of ether oxygens (including phenoxy) is 1. The maximum Gasteiger partial charge on any atom is 0.273 e. The topological polar surface area (TPSA) is 52.4 Å². The fourth-order valence-electron chi connectivity index (χ4n) is 1.48. The molecule has 0 saturated carbocycles. The van der Waals surface area contributed by atoms with Gasteiger partial charge >= 0.3 is 0 Å². The largest absolute Gasteiger partial charge is 0.457 e. The quantitative estimate of drug-likeness (QED) is 0.595. The van der Waals surface area contributed by atoms with E-state index < -0.39 is 4.92 Å². The monoisotopic (exact) mass is 229 g/mol. The number of nitro groups is 1. The van der Waals surface area contributed by atoms with Crippen molar-refractivity contribution in [2.24, 2.45) is 0 Å². The number of non-ortho nitro benzene ring substituents is 1. The molecule has 0 N–H and O–H groups in total. The molecule has 0 aromatic heterocycles. The highest BCUT2D eigenvalue weighted by Crippen LogP contribution is 2.25. The van der Waals surface area contributed by atoms with E-state index in [4.69, 9.17) is 4.74 Å². The van der Waals surface area contributed by atoms with Crippen molar-refractivity contribution in [3.8, 4) is 11.5 Å². The van der Waals surface area contributed by atoms with Gasteiger partial charge in [-0.1, -0.05) is 18.2 Å². The molecule has 86 valence electrons. The van der Waals surface area contributed by atoms with Gasteiger partial charge in [0, 0.05) is 6.07 Å². The summed E-state index contributed by atoms with van der Waals surface area (Å²) >= 11 is 0. The molecule has 0 amide bonds. The molecule has 4 nitrogen and oxygen atoms in total. The van der Waals surface area contributed by atoms with Gasteiger partial charge in [-0.15, -0.1) is 0 Å². The normalized spacial score (nSPS) is 9.94. The van der Waals surface area contributed by atoms with Crippen molar-refractivity contribution in [3.63, 3.8) is 0 Å². The second-order valence-corrected chi connectivity index (χ2v) is 3.67. The molecule has 2 aromatic carbocycles. The average Bonchev–Trinajstić information content (AvgIpc) is 2.29. The third-order valence-corrected chi connectivity index (χ3v) is 2.25. The average molecular weight is 229 g/mol. The Morgan fingerprint density at radius 2 is 1.71 bits per heavy atom. The van der Waals surface area contributed by atoms with Crippen molar-refractivity contribution in [2.45, 2.75) is 6.92 Å². The Hall–Kier alpha value is -2.36. The minimum absolute atomic E-state index is 0.0233. The number of nitro benzene ring substituents is 1. The van der Waals surface area contributed by atoms with Crippen molar-refractivity contribution in [3.05, 3.63) is 64.2 Å². The van der Waals surface area contributed by atoms with Gasteiger partial charge < -0.3 is 4.74 Å². The number of aryl methyl sites for hydroxylation is 1. The van der Waals surface area contributed by atoms with Gasteiger partial charge in [-0.25, -0.2) is 0 Å². The molecule has 0 aliphatic heterocycles. The van der Waals surface area contributed by atoms with E-state index in [1.54, 1.807) is 12.1 Å². The van der Waals surface area contributed by atoms with Crippen LogP contribution >= 0.6 is 0 Å². The maximum atomic E-state index is 10.6. The molecule has 2 rings (SSSR count). The van der Waals surface area contributed by atoms with Crippen LogP contribution in [0.25, 0.3) is 0 Å². The molecule has 0 atom stereocenters. The highest BCUT2D eigenvalue weighted by atomic mass is 16.6. The Morgan fingerprint density at radius 1 is 1.06 bits per heavy atom. The first kappa shape index (κ1) is 11.1. The Bertz CT molecular complexity index is 552. The molecule has 4 heteroatoms. The lowest BCUT2D eigenvalue weighted by Crippen LogP contribution is -1.89. The van der Waals surface area contributed by atoms with Crippen LogP contribution in [-0.4, -0.2) is 4.92 Å². The van der Waals surface area contributed by atoms with Crippen LogP contribution in [0.15, 0.2) is 48.5 Å². The van der Waals surface area contributed by atoms with E-state index in [9.17, 15) is 10.1 Å². The van der Waals surface area contributed by atoms with Crippen LogP contribution < -0.4 is 4.74 Å². The first-order valence-electron chi connectivity index (χ1n) is 5.14. The zero-order valence-electron chi connectivity index (χ0n) is 9.29. The summed E-state index contributed by atoms with van der Waals surface area (Å²) in [7, 11) is 0. The van der Waals surface area contributed by atoms with E-state index in [1.807, 2.05) is 31.2 Å². The zero-order chi connectivity index (χ0) is 12.3.